The summed E-state index contributed by atoms with van der Waals surface area (Å²) in [5, 5.41) is 8.36. The molecule has 0 fully saturated rings. The molecule has 0 radical (unpaired) electrons. The molecule has 2 nitrogen and oxygen atoms in total. The minimum Gasteiger partial charge on any atom is -0.317 e. The van der Waals surface area contributed by atoms with Crippen molar-refractivity contribution in [3.8, 4) is 0 Å². The Morgan fingerprint density at radius 3 is 2.70 bits per heavy atom. The van der Waals surface area contributed by atoms with E-state index >= 15 is 0 Å². The van der Waals surface area contributed by atoms with Gasteiger partial charge in [0.05, 0.1) is 0 Å². The zero-order valence-electron chi connectivity index (χ0n) is 6.85. The molecule has 0 aromatic heterocycles. The second-order valence-corrected chi connectivity index (χ2v) is 2.67. The van der Waals surface area contributed by atoms with Crippen LogP contribution >= 0.6 is 0 Å². The van der Waals surface area contributed by atoms with Gasteiger partial charge in [-0.2, -0.15) is 0 Å². The van der Waals surface area contributed by atoms with Crippen LogP contribution in [-0.2, 0) is 0 Å². The molecule has 0 heterocycles. The molecule has 0 bridgehead atoms. The van der Waals surface area contributed by atoms with Crippen LogP contribution in [0.1, 0.15) is 26.7 Å². The van der Waals surface area contributed by atoms with Gasteiger partial charge in [0.2, 0.25) is 0 Å². The number of nitrogens with one attached hydrogen (secondary N) is 1. The molecule has 0 amide bonds. The highest BCUT2D eigenvalue weighted by molar-refractivity contribution is 4.98. The zero-order valence-corrected chi connectivity index (χ0v) is 6.85. The summed E-state index contributed by atoms with van der Waals surface area (Å²) in [6.45, 7) is 8.71. The van der Waals surface area contributed by atoms with E-state index < -0.39 is 0 Å². The molecular weight excluding hydrogens is 126 g/mol. The molecule has 0 saturated heterocycles. The first kappa shape index (κ1) is 9.66. The van der Waals surface area contributed by atoms with Gasteiger partial charge < -0.3 is 5.21 Å². The van der Waals surface area contributed by atoms with Crippen molar-refractivity contribution in [2.45, 2.75) is 26.7 Å². The summed E-state index contributed by atoms with van der Waals surface area (Å²) in [6, 6.07) is 0. The monoisotopic (exact) mass is 143 g/mol. The largest absolute Gasteiger partial charge is 0.317 e. The van der Waals surface area contributed by atoms with E-state index in [1.54, 1.807) is 0 Å². The summed E-state index contributed by atoms with van der Waals surface area (Å²) in [5.74, 6) is 0.380. The number of rotatable bonds is 5. The van der Waals surface area contributed by atoms with Crippen molar-refractivity contribution in [3.05, 3.63) is 12.2 Å². The van der Waals surface area contributed by atoms with Crippen molar-refractivity contribution in [2.75, 3.05) is 6.54 Å². The first-order valence-corrected chi connectivity index (χ1v) is 3.77. The standard InChI is InChI=1S/C8H17NO/c1-4-5-7(2)8(3)6-9-10/h8-10H,2,4-6H2,1,3H3. The van der Waals surface area contributed by atoms with Crippen LogP contribution in [0.15, 0.2) is 12.2 Å². The van der Waals surface area contributed by atoms with Gasteiger partial charge in [0.15, 0.2) is 0 Å². The van der Waals surface area contributed by atoms with E-state index in [1.807, 2.05) is 0 Å². The van der Waals surface area contributed by atoms with Crippen molar-refractivity contribution in [1.82, 2.24) is 5.48 Å². The molecule has 0 aliphatic carbocycles. The second-order valence-electron chi connectivity index (χ2n) is 2.67. The summed E-state index contributed by atoms with van der Waals surface area (Å²) in [4.78, 5) is 0. The Balaban J connectivity index is 3.49. The van der Waals surface area contributed by atoms with Crippen molar-refractivity contribution in [1.29, 1.82) is 0 Å². The van der Waals surface area contributed by atoms with Gasteiger partial charge in [-0.05, 0) is 12.3 Å². The first-order valence-electron chi connectivity index (χ1n) is 3.77. The van der Waals surface area contributed by atoms with E-state index in [9.17, 15) is 0 Å². The van der Waals surface area contributed by atoms with Crippen LogP contribution in [-0.4, -0.2) is 11.8 Å². The molecule has 1 atom stereocenters. The predicted molar refractivity (Wildman–Crippen MR) is 43.0 cm³/mol. The van der Waals surface area contributed by atoms with Gasteiger partial charge >= 0.3 is 0 Å². The molecule has 10 heavy (non-hydrogen) atoms. The lowest BCUT2D eigenvalue weighted by Gasteiger charge is -2.11. The Morgan fingerprint density at radius 2 is 2.30 bits per heavy atom. The molecule has 60 valence electrons. The van der Waals surface area contributed by atoms with Crippen LogP contribution in [0.25, 0.3) is 0 Å². The van der Waals surface area contributed by atoms with E-state index in [1.165, 1.54) is 5.57 Å². The summed E-state index contributed by atoms with van der Waals surface area (Å²) < 4.78 is 0. The van der Waals surface area contributed by atoms with Gasteiger partial charge in [0.1, 0.15) is 0 Å². The molecule has 0 aromatic carbocycles. The molecule has 0 aliphatic rings. The quantitative estimate of drug-likeness (QED) is 0.455. The molecule has 0 aromatic rings. The van der Waals surface area contributed by atoms with Gasteiger partial charge in [-0.25, -0.2) is 5.48 Å². The van der Waals surface area contributed by atoms with Crippen molar-refractivity contribution in [2.24, 2.45) is 5.92 Å². The molecule has 0 saturated carbocycles. The maximum absolute atomic E-state index is 8.36. The topological polar surface area (TPSA) is 32.3 Å². The van der Waals surface area contributed by atoms with Gasteiger partial charge in [0, 0.05) is 6.54 Å². The normalized spacial score (nSPS) is 13.1. The fourth-order valence-corrected chi connectivity index (χ4v) is 0.849. The van der Waals surface area contributed by atoms with Crippen molar-refractivity contribution in [3.63, 3.8) is 0 Å². The van der Waals surface area contributed by atoms with Gasteiger partial charge in [-0.3, -0.25) is 0 Å². The SMILES string of the molecule is C=C(CCC)C(C)CNO. The fraction of sp³-hybridized carbons (Fsp3) is 0.750. The molecule has 0 aliphatic heterocycles. The van der Waals surface area contributed by atoms with Crippen molar-refractivity contribution < 1.29 is 5.21 Å². The highest BCUT2D eigenvalue weighted by Gasteiger charge is 2.03. The minimum atomic E-state index is 0.380. The first-order chi connectivity index (χ1) is 4.72. The van der Waals surface area contributed by atoms with Gasteiger partial charge in [0.25, 0.3) is 0 Å². The lowest BCUT2D eigenvalue weighted by Crippen LogP contribution is -2.18. The second kappa shape index (κ2) is 5.45. The summed E-state index contributed by atoms with van der Waals surface area (Å²) >= 11 is 0. The Hall–Kier alpha value is -0.340. The highest BCUT2D eigenvalue weighted by atomic mass is 16.5. The molecule has 0 rings (SSSR count). The van der Waals surface area contributed by atoms with Crippen LogP contribution in [0.5, 0.6) is 0 Å². The molecule has 2 N–H and O–H groups in total. The number of hydrogen-bond donors (Lipinski definition) is 2. The van der Waals surface area contributed by atoms with Gasteiger partial charge in [-0.1, -0.05) is 32.4 Å². The average molecular weight is 143 g/mol. The van der Waals surface area contributed by atoms with Crippen LogP contribution in [0.4, 0.5) is 0 Å². The Labute approximate surface area is 62.9 Å². The minimum absolute atomic E-state index is 0.380. The van der Waals surface area contributed by atoms with Crippen LogP contribution in [0.3, 0.4) is 0 Å². The molecule has 1 unspecified atom stereocenters. The van der Waals surface area contributed by atoms with Crippen LogP contribution in [0, 0.1) is 5.92 Å². The lowest BCUT2D eigenvalue weighted by molar-refractivity contribution is 0.156. The Kier molecular flexibility index (Phi) is 5.26. The summed E-state index contributed by atoms with van der Waals surface area (Å²) in [6.07, 6.45) is 2.19. The Morgan fingerprint density at radius 1 is 1.70 bits per heavy atom. The highest BCUT2D eigenvalue weighted by Crippen LogP contribution is 2.12. The average Bonchev–Trinajstić information content (AvgIpc) is 1.89. The van der Waals surface area contributed by atoms with Crippen molar-refractivity contribution >= 4 is 0 Å². The lowest BCUT2D eigenvalue weighted by atomic mass is 9.99. The maximum Gasteiger partial charge on any atom is 0.0270 e. The van der Waals surface area contributed by atoms with Crippen LogP contribution < -0.4 is 5.48 Å². The molecule has 2 heteroatoms. The Bertz CT molecular complexity index is 101. The fourth-order valence-electron chi connectivity index (χ4n) is 0.849. The molecular formula is C8H17NO. The van der Waals surface area contributed by atoms with E-state index in [0.29, 0.717) is 12.5 Å². The van der Waals surface area contributed by atoms with E-state index in [-0.39, 0.29) is 0 Å². The molecule has 0 spiro atoms. The van der Waals surface area contributed by atoms with Gasteiger partial charge in [-0.15, -0.1) is 0 Å². The summed E-state index contributed by atoms with van der Waals surface area (Å²) in [5.41, 5.74) is 3.36. The third-order valence-electron chi connectivity index (χ3n) is 1.67. The van der Waals surface area contributed by atoms with E-state index in [0.717, 1.165) is 12.8 Å². The third kappa shape index (κ3) is 3.64. The number of hydrogen-bond acceptors (Lipinski definition) is 2. The third-order valence-corrected chi connectivity index (χ3v) is 1.67. The zero-order chi connectivity index (χ0) is 7.98. The summed E-state index contributed by atoms with van der Waals surface area (Å²) in [7, 11) is 0. The number of hydroxylamine groups is 1. The predicted octanol–water partition coefficient (Wildman–Crippen LogP) is 1.96. The van der Waals surface area contributed by atoms with E-state index in [2.05, 4.69) is 25.9 Å². The smallest absolute Gasteiger partial charge is 0.0270 e. The maximum atomic E-state index is 8.36. The van der Waals surface area contributed by atoms with E-state index in [4.69, 9.17) is 5.21 Å². The van der Waals surface area contributed by atoms with Crippen LogP contribution in [0.2, 0.25) is 0 Å².